The van der Waals surface area contributed by atoms with Crippen LogP contribution in [0.4, 0.5) is 0 Å². The molecule has 2 aromatic carbocycles. The molecule has 0 aliphatic rings. The average molecular weight is 378 g/mol. The van der Waals surface area contributed by atoms with E-state index >= 15 is 0 Å². The van der Waals surface area contributed by atoms with Gasteiger partial charge in [-0.25, -0.2) is 0 Å². The molecule has 1 aromatic heterocycles. The molecule has 1 amide bonds. The van der Waals surface area contributed by atoms with Crippen molar-refractivity contribution in [3.63, 3.8) is 0 Å². The highest BCUT2D eigenvalue weighted by Crippen LogP contribution is 2.26. The van der Waals surface area contributed by atoms with Crippen LogP contribution in [0.3, 0.4) is 0 Å². The third kappa shape index (κ3) is 4.60. The van der Waals surface area contributed by atoms with Gasteiger partial charge in [0.25, 0.3) is 5.56 Å². The maximum Gasteiger partial charge on any atom is 0.251 e. The highest BCUT2D eigenvalue weighted by atomic mass is 16.5. The van der Waals surface area contributed by atoms with Crippen molar-refractivity contribution in [1.29, 1.82) is 0 Å². The van der Waals surface area contributed by atoms with Gasteiger partial charge in [-0.05, 0) is 41.0 Å². The van der Waals surface area contributed by atoms with Crippen LogP contribution in [0, 0.1) is 0 Å². The van der Waals surface area contributed by atoms with Crippen LogP contribution in [0.2, 0.25) is 0 Å². The number of aromatic amines is 1. The monoisotopic (exact) mass is 378 g/mol. The van der Waals surface area contributed by atoms with E-state index in [2.05, 4.69) is 24.1 Å². The molecule has 146 valence electrons. The fourth-order valence-electron chi connectivity index (χ4n) is 3.33. The smallest absolute Gasteiger partial charge is 0.251 e. The summed E-state index contributed by atoms with van der Waals surface area (Å²) in [6, 6.07) is 17.5. The van der Waals surface area contributed by atoms with Gasteiger partial charge >= 0.3 is 0 Å². The van der Waals surface area contributed by atoms with Gasteiger partial charge in [0.2, 0.25) is 5.91 Å². The second kappa shape index (κ2) is 8.30. The summed E-state index contributed by atoms with van der Waals surface area (Å²) in [5.74, 6) is 0.681. The Hall–Kier alpha value is -3.08. The molecule has 0 saturated carbocycles. The molecule has 0 fully saturated rings. The van der Waals surface area contributed by atoms with E-state index in [-0.39, 0.29) is 16.9 Å². The van der Waals surface area contributed by atoms with Crippen molar-refractivity contribution in [3.8, 4) is 5.75 Å². The molecule has 0 aliphatic heterocycles. The van der Waals surface area contributed by atoms with Crippen LogP contribution in [-0.2, 0) is 16.6 Å². The number of amides is 1. The average Bonchev–Trinajstić information content (AvgIpc) is 2.68. The Labute approximate surface area is 164 Å². The number of rotatable bonds is 7. The second-order valence-corrected chi connectivity index (χ2v) is 7.60. The van der Waals surface area contributed by atoms with E-state index in [0.29, 0.717) is 30.7 Å². The fourth-order valence-corrected chi connectivity index (χ4v) is 3.33. The third-order valence-corrected chi connectivity index (χ3v) is 5.00. The quantitative estimate of drug-likeness (QED) is 0.660. The number of fused-ring (bicyclic) bond motifs is 1. The molecule has 0 radical (unpaired) electrons. The van der Waals surface area contributed by atoms with Crippen LogP contribution in [0.25, 0.3) is 10.9 Å². The summed E-state index contributed by atoms with van der Waals surface area (Å²) in [7, 11) is 1.59. The van der Waals surface area contributed by atoms with E-state index in [9.17, 15) is 9.59 Å². The van der Waals surface area contributed by atoms with Crippen LogP contribution in [0.1, 0.15) is 31.4 Å². The zero-order chi connectivity index (χ0) is 20.1. The van der Waals surface area contributed by atoms with Gasteiger partial charge in [0.1, 0.15) is 5.75 Å². The van der Waals surface area contributed by atoms with Crippen molar-refractivity contribution in [2.45, 2.75) is 32.1 Å². The predicted molar refractivity (Wildman–Crippen MR) is 112 cm³/mol. The normalized spacial score (nSPS) is 11.4. The minimum absolute atomic E-state index is 0.0178. The highest BCUT2D eigenvalue weighted by Gasteiger charge is 2.23. The van der Waals surface area contributed by atoms with Crippen molar-refractivity contribution in [2.75, 3.05) is 13.7 Å². The number of carbonyl (C=O) groups excluding carboxylic acids is 1. The first-order valence-corrected chi connectivity index (χ1v) is 9.41. The molecule has 1 heterocycles. The minimum Gasteiger partial charge on any atom is -0.497 e. The molecule has 0 saturated heterocycles. The highest BCUT2D eigenvalue weighted by molar-refractivity contribution is 5.80. The first-order valence-electron chi connectivity index (χ1n) is 9.41. The van der Waals surface area contributed by atoms with Crippen LogP contribution in [-0.4, -0.2) is 24.5 Å². The standard InChI is InChI=1S/C23H26N2O3/c1-23(2,18-7-5-4-6-8-18)15-21(26)24-12-11-17-13-16-9-10-19(28-3)14-20(16)25-22(17)27/h4-10,13-14H,11-12,15H2,1-3H3,(H,24,26)(H,25,27). The molecule has 3 rings (SSSR count). The zero-order valence-electron chi connectivity index (χ0n) is 16.5. The van der Waals surface area contributed by atoms with Gasteiger partial charge < -0.3 is 15.0 Å². The molecule has 5 heteroatoms. The number of aromatic nitrogens is 1. The molecule has 0 aliphatic carbocycles. The van der Waals surface area contributed by atoms with E-state index in [1.54, 1.807) is 13.2 Å². The summed E-state index contributed by atoms with van der Waals surface area (Å²) in [5.41, 5.74) is 2.14. The molecule has 5 nitrogen and oxygen atoms in total. The maximum atomic E-state index is 12.4. The van der Waals surface area contributed by atoms with Gasteiger partial charge in [-0.2, -0.15) is 0 Å². The SMILES string of the molecule is COc1ccc2cc(CCNC(=O)CC(C)(C)c3ccccc3)c(=O)[nH]c2c1. The van der Waals surface area contributed by atoms with E-state index < -0.39 is 0 Å². The third-order valence-electron chi connectivity index (χ3n) is 5.00. The lowest BCUT2D eigenvalue weighted by Crippen LogP contribution is -2.32. The molecular weight excluding hydrogens is 352 g/mol. The van der Waals surface area contributed by atoms with Crippen molar-refractivity contribution in [2.24, 2.45) is 0 Å². The summed E-state index contributed by atoms with van der Waals surface area (Å²) in [6.45, 7) is 4.54. The number of methoxy groups -OCH3 is 1. The van der Waals surface area contributed by atoms with Gasteiger partial charge in [-0.15, -0.1) is 0 Å². The van der Waals surface area contributed by atoms with Crippen LogP contribution >= 0.6 is 0 Å². The van der Waals surface area contributed by atoms with E-state index in [1.165, 1.54) is 0 Å². The first-order chi connectivity index (χ1) is 13.4. The van der Waals surface area contributed by atoms with Crippen LogP contribution in [0.15, 0.2) is 59.4 Å². The molecule has 28 heavy (non-hydrogen) atoms. The number of ether oxygens (including phenoxy) is 1. The van der Waals surface area contributed by atoms with Gasteiger partial charge in [0.05, 0.1) is 12.6 Å². The van der Waals surface area contributed by atoms with E-state index in [4.69, 9.17) is 4.74 Å². The molecule has 0 atom stereocenters. The fraction of sp³-hybridized carbons (Fsp3) is 0.304. The Kier molecular flexibility index (Phi) is 5.83. The zero-order valence-corrected chi connectivity index (χ0v) is 16.5. The summed E-state index contributed by atoms with van der Waals surface area (Å²) in [4.78, 5) is 27.6. The molecule has 2 N–H and O–H groups in total. The second-order valence-electron chi connectivity index (χ2n) is 7.60. The minimum atomic E-state index is -0.245. The number of carbonyl (C=O) groups is 1. The van der Waals surface area contributed by atoms with Crippen molar-refractivity contribution < 1.29 is 9.53 Å². The van der Waals surface area contributed by atoms with E-state index in [1.807, 2.05) is 48.5 Å². The lowest BCUT2D eigenvalue weighted by atomic mass is 9.81. The lowest BCUT2D eigenvalue weighted by Gasteiger charge is -2.24. The Balaban J connectivity index is 1.61. The van der Waals surface area contributed by atoms with E-state index in [0.717, 1.165) is 16.5 Å². The first kappa shape index (κ1) is 19.7. The molecule has 0 spiro atoms. The number of benzene rings is 2. The molecular formula is C23H26N2O3. The lowest BCUT2D eigenvalue weighted by molar-refractivity contribution is -0.122. The van der Waals surface area contributed by atoms with Crippen LogP contribution in [0.5, 0.6) is 5.75 Å². The Morgan fingerprint density at radius 3 is 2.57 bits per heavy atom. The number of nitrogens with one attached hydrogen (secondary N) is 2. The maximum absolute atomic E-state index is 12.4. The van der Waals surface area contributed by atoms with Crippen molar-refractivity contribution >= 4 is 16.8 Å². The Bertz CT molecular complexity index is 1020. The summed E-state index contributed by atoms with van der Waals surface area (Å²) < 4.78 is 5.19. The molecule has 0 bridgehead atoms. The summed E-state index contributed by atoms with van der Waals surface area (Å²) in [5, 5.41) is 3.88. The number of hydrogen-bond donors (Lipinski definition) is 2. The summed E-state index contributed by atoms with van der Waals surface area (Å²) >= 11 is 0. The largest absolute Gasteiger partial charge is 0.497 e. The Morgan fingerprint density at radius 1 is 1.11 bits per heavy atom. The number of H-pyrrole nitrogens is 1. The van der Waals surface area contributed by atoms with Crippen molar-refractivity contribution in [1.82, 2.24) is 10.3 Å². The van der Waals surface area contributed by atoms with Gasteiger partial charge in [-0.1, -0.05) is 44.2 Å². The summed E-state index contributed by atoms with van der Waals surface area (Å²) in [6.07, 6.45) is 0.875. The van der Waals surface area contributed by atoms with Gasteiger partial charge in [0, 0.05) is 24.6 Å². The molecule has 3 aromatic rings. The van der Waals surface area contributed by atoms with Gasteiger partial charge in [-0.3, -0.25) is 9.59 Å². The van der Waals surface area contributed by atoms with Crippen LogP contribution < -0.4 is 15.6 Å². The number of hydrogen-bond acceptors (Lipinski definition) is 3. The molecule has 0 unspecified atom stereocenters. The predicted octanol–water partition coefficient (Wildman–Crippen LogP) is 3.56. The Morgan fingerprint density at radius 2 is 1.86 bits per heavy atom. The topological polar surface area (TPSA) is 71.2 Å². The number of pyridine rings is 1. The van der Waals surface area contributed by atoms with Crippen molar-refractivity contribution in [3.05, 3.63) is 76.1 Å². The van der Waals surface area contributed by atoms with Gasteiger partial charge in [0.15, 0.2) is 0 Å².